The van der Waals surface area contributed by atoms with Gasteiger partial charge in [0.05, 0.1) is 4.99 Å². The lowest BCUT2D eigenvalue weighted by Gasteiger charge is -2.36. The number of nitrogens with one attached hydrogen (secondary N) is 1. The summed E-state index contributed by atoms with van der Waals surface area (Å²) in [6.45, 7) is 4.09. The number of rotatable bonds is 5. The van der Waals surface area contributed by atoms with Crippen LogP contribution in [0.3, 0.4) is 0 Å². The minimum atomic E-state index is -0.693. The van der Waals surface area contributed by atoms with Crippen LogP contribution in [0.4, 0.5) is 0 Å². The van der Waals surface area contributed by atoms with Crippen LogP contribution in [0.2, 0.25) is 0 Å². The number of carbonyl (C=O) groups excluding carboxylic acids is 1. The summed E-state index contributed by atoms with van der Waals surface area (Å²) in [6, 6.07) is 0. The van der Waals surface area contributed by atoms with E-state index in [9.17, 15) is 4.79 Å². The molecule has 0 unspecified atom stereocenters. The summed E-state index contributed by atoms with van der Waals surface area (Å²) in [4.78, 5) is 13.0. The van der Waals surface area contributed by atoms with Crippen molar-refractivity contribution in [2.24, 2.45) is 16.6 Å². The van der Waals surface area contributed by atoms with E-state index in [0.29, 0.717) is 31.0 Å². The Morgan fingerprint density at radius 2 is 1.85 bits per heavy atom. The summed E-state index contributed by atoms with van der Waals surface area (Å²) >= 11 is 5.17. The van der Waals surface area contributed by atoms with Gasteiger partial charge in [-0.05, 0) is 37.5 Å². The zero-order valence-electron chi connectivity index (χ0n) is 12.4. The van der Waals surface area contributed by atoms with Crippen LogP contribution < -0.4 is 11.1 Å². The zero-order chi connectivity index (χ0) is 14.6. The van der Waals surface area contributed by atoms with Crippen molar-refractivity contribution in [2.75, 3.05) is 19.8 Å². The maximum absolute atomic E-state index is 12.6. The molecule has 0 spiro atoms. The highest BCUT2D eigenvalue weighted by Gasteiger charge is 2.44. The van der Waals surface area contributed by atoms with E-state index < -0.39 is 5.41 Å². The second-order valence-corrected chi connectivity index (χ2v) is 6.74. The first-order chi connectivity index (χ1) is 9.55. The number of ether oxygens (including phenoxy) is 1. The van der Waals surface area contributed by atoms with Crippen molar-refractivity contribution in [1.82, 2.24) is 5.32 Å². The Morgan fingerprint density at radius 3 is 2.35 bits per heavy atom. The summed E-state index contributed by atoms with van der Waals surface area (Å²) in [5, 5.41) is 3.15. The highest BCUT2D eigenvalue weighted by molar-refractivity contribution is 7.80. The zero-order valence-corrected chi connectivity index (χ0v) is 13.2. The van der Waals surface area contributed by atoms with Crippen LogP contribution in [-0.4, -0.2) is 30.7 Å². The lowest BCUT2D eigenvalue weighted by molar-refractivity contribution is -0.132. The van der Waals surface area contributed by atoms with E-state index in [1.165, 1.54) is 25.7 Å². The maximum Gasteiger partial charge on any atom is 0.233 e. The van der Waals surface area contributed by atoms with E-state index in [4.69, 9.17) is 22.7 Å². The van der Waals surface area contributed by atoms with Gasteiger partial charge in [-0.1, -0.05) is 32.0 Å². The molecule has 114 valence electrons. The van der Waals surface area contributed by atoms with Crippen molar-refractivity contribution in [3.05, 3.63) is 0 Å². The number of hydrogen-bond donors (Lipinski definition) is 2. The molecule has 0 radical (unpaired) electrons. The second kappa shape index (κ2) is 6.39. The molecule has 5 heteroatoms. The van der Waals surface area contributed by atoms with Crippen LogP contribution in [0, 0.1) is 10.8 Å². The second-order valence-electron chi connectivity index (χ2n) is 6.30. The largest absolute Gasteiger partial charge is 0.392 e. The third kappa shape index (κ3) is 2.98. The fraction of sp³-hybridized carbons (Fsp3) is 0.867. The summed E-state index contributed by atoms with van der Waals surface area (Å²) in [5.41, 5.74) is 5.46. The summed E-state index contributed by atoms with van der Waals surface area (Å²) in [5.74, 6) is 0.00743. The van der Waals surface area contributed by atoms with Crippen molar-refractivity contribution in [3.8, 4) is 0 Å². The van der Waals surface area contributed by atoms with Crippen molar-refractivity contribution < 1.29 is 9.53 Å². The number of hydrogen-bond acceptors (Lipinski definition) is 3. The molecule has 4 nitrogen and oxygen atoms in total. The third-order valence-corrected chi connectivity index (χ3v) is 5.68. The molecule has 0 aromatic carbocycles. The minimum absolute atomic E-state index is 0.00743. The van der Waals surface area contributed by atoms with Crippen LogP contribution in [0.25, 0.3) is 0 Å². The smallest absolute Gasteiger partial charge is 0.233 e. The SMILES string of the molecule is CCC1(CNC(=O)C2(C(N)=S)CCOCC2)CCCC1. The van der Waals surface area contributed by atoms with Gasteiger partial charge in [0, 0.05) is 19.8 Å². The first kappa shape index (κ1) is 15.7. The predicted molar refractivity (Wildman–Crippen MR) is 83.5 cm³/mol. The maximum atomic E-state index is 12.6. The average molecular weight is 298 g/mol. The molecule has 1 amide bonds. The van der Waals surface area contributed by atoms with Gasteiger partial charge in [0.15, 0.2) is 0 Å². The molecule has 2 fully saturated rings. The van der Waals surface area contributed by atoms with E-state index in [0.717, 1.165) is 13.0 Å². The molecule has 1 saturated carbocycles. The highest BCUT2D eigenvalue weighted by Crippen LogP contribution is 2.40. The minimum Gasteiger partial charge on any atom is -0.392 e. The van der Waals surface area contributed by atoms with Crippen LogP contribution in [0.15, 0.2) is 0 Å². The van der Waals surface area contributed by atoms with Crippen LogP contribution in [0.5, 0.6) is 0 Å². The van der Waals surface area contributed by atoms with Gasteiger partial charge in [0.2, 0.25) is 5.91 Å². The molecule has 2 aliphatic rings. The van der Waals surface area contributed by atoms with Crippen molar-refractivity contribution in [3.63, 3.8) is 0 Å². The van der Waals surface area contributed by atoms with E-state index >= 15 is 0 Å². The Morgan fingerprint density at radius 1 is 1.25 bits per heavy atom. The lowest BCUT2D eigenvalue weighted by Crippen LogP contribution is -2.53. The number of thiocarbonyl (C=S) groups is 1. The molecule has 20 heavy (non-hydrogen) atoms. The van der Waals surface area contributed by atoms with E-state index in [1.807, 2.05) is 0 Å². The fourth-order valence-electron chi connectivity index (χ4n) is 3.52. The van der Waals surface area contributed by atoms with Gasteiger partial charge in [0.1, 0.15) is 5.41 Å². The lowest BCUT2D eigenvalue weighted by atomic mass is 9.78. The molecular formula is C15H26N2O2S. The molecule has 0 aromatic rings. The van der Waals surface area contributed by atoms with Crippen LogP contribution >= 0.6 is 12.2 Å². The Hall–Kier alpha value is -0.680. The fourth-order valence-corrected chi connectivity index (χ4v) is 3.82. The van der Waals surface area contributed by atoms with Gasteiger partial charge in [0.25, 0.3) is 0 Å². The van der Waals surface area contributed by atoms with Gasteiger partial charge in [-0.25, -0.2) is 0 Å². The van der Waals surface area contributed by atoms with Crippen molar-refractivity contribution in [1.29, 1.82) is 0 Å². The highest BCUT2D eigenvalue weighted by atomic mass is 32.1. The molecule has 1 aliphatic carbocycles. The molecule has 0 bridgehead atoms. The molecule has 2 rings (SSSR count). The Labute approximate surface area is 126 Å². The number of nitrogens with two attached hydrogens (primary N) is 1. The van der Waals surface area contributed by atoms with Crippen molar-refractivity contribution in [2.45, 2.75) is 51.9 Å². The topological polar surface area (TPSA) is 64.4 Å². The summed E-state index contributed by atoms with van der Waals surface area (Å²) in [6.07, 6.45) is 7.31. The van der Waals surface area contributed by atoms with Gasteiger partial charge in [-0.2, -0.15) is 0 Å². The molecule has 0 aromatic heterocycles. The Bertz CT molecular complexity index is 372. The van der Waals surface area contributed by atoms with Crippen molar-refractivity contribution >= 4 is 23.1 Å². The first-order valence-electron chi connectivity index (χ1n) is 7.71. The van der Waals surface area contributed by atoms with Gasteiger partial charge in [-0.15, -0.1) is 0 Å². The molecule has 1 saturated heterocycles. The summed E-state index contributed by atoms with van der Waals surface area (Å²) < 4.78 is 5.35. The molecule has 1 heterocycles. The molecular weight excluding hydrogens is 272 g/mol. The monoisotopic (exact) mass is 298 g/mol. The normalized spacial score (nSPS) is 24.2. The standard InChI is InChI=1S/C15H26N2O2S/c1-2-14(5-3-4-6-14)11-17-13(18)15(12(16)20)7-9-19-10-8-15/h2-11H2,1H3,(H2,16,20)(H,17,18). The quantitative estimate of drug-likeness (QED) is 0.763. The van der Waals surface area contributed by atoms with Gasteiger partial charge in [-0.3, -0.25) is 4.79 Å². The van der Waals surface area contributed by atoms with E-state index in [-0.39, 0.29) is 11.3 Å². The molecule has 0 atom stereocenters. The predicted octanol–water partition coefficient (Wildman–Crippen LogP) is 2.16. The first-order valence-corrected chi connectivity index (χ1v) is 8.11. The van der Waals surface area contributed by atoms with Crippen LogP contribution in [0.1, 0.15) is 51.9 Å². The third-order valence-electron chi connectivity index (χ3n) is 5.29. The van der Waals surface area contributed by atoms with Gasteiger partial charge >= 0.3 is 0 Å². The summed E-state index contributed by atoms with van der Waals surface area (Å²) in [7, 11) is 0. The van der Waals surface area contributed by atoms with Gasteiger partial charge < -0.3 is 15.8 Å². The number of carbonyl (C=O) groups is 1. The van der Waals surface area contributed by atoms with E-state index in [1.54, 1.807) is 0 Å². The van der Waals surface area contributed by atoms with Crippen LogP contribution in [-0.2, 0) is 9.53 Å². The number of amides is 1. The molecule has 1 aliphatic heterocycles. The van der Waals surface area contributed by atoms with E-state index in [2.05, 4.69) is 12.2 Å². The molecule has 3 N–H and O–H groups in total. The Balaban J connectivity index is 2.00. The average Bonchev–Trinajstić information content (AvgIpc) is 2.95. The Kier molecular flexibility index (Phi) is 5.02.